The Morgan fingerprint density at radius 2 is 1.96 bits per heavy atom. The quantitative estimate of drug-likeness (QED) is 0.676. The first-order valence-corrected chi connectivity index (χ1v) is 6.96. The molecule has 1 aromatic carbocycles. The Morgan fingerprint density at radius 3 is 2.61 bits per heavy atom. The number of benzene rings is 1. The average Bonchev–Trinajstić information content (AvgIpc) is 3.05. The van der Waals surface area contributed by atoms with Crippen molar-refractivity contribution < 1.29 is 9.47 Å². The summed E-state index contributed by atoms with van der Waals surface area (Å²) >= 11 is 0. The number of methoxy groups -OCH3 is 2. The van der Waals surface area contributed by atoms with E-state index in [9.17, 15) is 4.79 Å². The summed E-state index contributed by atoms with van der Waals surface area (Å²) in [4.78, 5) is 23.5. The van der Waals surface area contributed by atoms with E-state index in [2.05, 4.69) is 15.0 Å². The van der Waals surface area contributed by atoms with Crippen molar-refractivity contribution in [2.24, 2.45) is 0 Å². The first-order chi connectivity index (χ1) is 11.1. The van der Waals surface area contributed by atoms with Crippen molar-refractivity contribution >= 4 is 17.1 Å². The molecule has 0 saturated carbocycles. The molecule has 0 bridgehead atoms. The zero-order valence-corrected chi connectivity index (χ0v) is 12.8. The number of aromatic amines is 1. The molecule has 0 saturated heterocycles. The molecule has 2 heterocycles. The van der Waals surface area contributed by atoms with Gasteiger partial charge in [-0.1, -0.05) is 30.3 Å². The number of hydrogen-bond donors (Lipinski definition) is 2. The number of nitrogens with one attached hydrogen (secondary N) is 1. The number of anilines is 1. The van der Waals surface area contributed by atoms with Gasteiger partial charge in [-0.2, -0.15) is 4.98 Å². The number of rotatable bonds is 5. The smallest absolute Gasteiger partial charge is 0.281 e. The van der Waals surface area contributed by atoms with Gasteiger partial charge in [0.15, 0.2) is 11.2 Å². The molecule has 0 amide bonds. The molecule has 120 valence electrons. The van der Waals surface area contributed by atoms with Crippen molar-refractivity contribution in [1.29, 1.82) is 0 Å². The second-order valence-corrected chi connectivity index (χ2v) is 4.99. The summed E-state index contributed by atoms with van der Waals surface area (Å²) in [5.74, 6) is -1.11. The molecule has 8 heteroatoms. The highest BCUT2D eigenvalue weighted by Crippen LogP contribution is 2.28. The summed E-state index contributed by atoms with van der Waals surface area (Å²) in [5.41, 5.74) is 6.93. The van der Waals surface area contributed by atoms with Crippen molar-refractivity contribution in [2.45, 2.75) is 12.3 Å². The van der Waals surface area contributed by atoms with Crippen LogP contribution >= 0.6 is 0 Å². The molecule has 0 fully saturated rings. The number of H-pyrrole nitrogens is 1. The van der Waals surface area contributed by atoms with Gasteiger partial charge in [0.1, 0.15) is 0 Å². The van der Waals surface area contributed by atoms with Gasteiger partial charge in [-0.3, -0.25) is 9.36 Å². The molecule has 3 rings (SSSR count). The topological polar surface area (TPSA) is 108 Å². The fourth-order valence-electron chi connectivity index (χ4n) is 2.53. The predicted octanol–water partition coefficient (Wildman–Crippen LogP) is 0.848. The Balaban J connectivity index is 2.13. The molecule has 0 atom stereocenters. The Labute approximate surface area is 131 Å². The summed E-state index contributed by atoms with van der Waals surface area (Å²) in [6.07, 6.45) is 1.40. The molecular formula is C15H17N5O3. The molecule has 0 spiro atoms. The molecule has 0 aliphatic heterocycles. The normalized spacial score (nSPS) is 11.9. The lowest BCUT2D eigenvalue weighted by atomic mass is 10.1. The minimum Gasteiger partial charge on any atom is -0.369 e. The van der Waals surface area contributed by atoms with Crippen molar-refractivity contribution in [3.8, 4) is 0 Å². The maximum Gasteiger partial charge on any atom is 0.281 e. The van der Waals surface area contributed by atoms with Gasteiger partial charge in [0.2, 0.25) is 11.7 Å². The third kappa shape index (κ3) is 2.47. The zero-order valence-electron chi connectivity index (χ0n) is 12.8. The predicted molar refractivity (Wildman–Crippen MR) is 84.7 cm³/mol. The Hall–Kier alpha value is -2.71. The molecule has 0 radical (unpaired) electrons. The SMILES string of the molecule is COC(Cn1c(N)nc2nc[nH]c2c1=O)(OC)c1ccccc1. The summed E-state index contributed by atoms with van der Waals surface area (Å²) in [6, 6.07) is 9.33. The van der Waals surface area contributed by atoms with Gasteiger partial charge in [0.05, 0.1) is 12.9 Å². The van der Waals surface area contributed by atoms with Crippen molar-refractivity contribution in [3.05, 3.63) is 52.6 Å². The van der Waals surface area contributed by atoms with E-state index < -0.39 is 5.79 Å². The van der Waals surface area contributed by atoms with E-state index in [1.807, 2.05) is 30.3 Å². The lowest BCUT2D eigenvalue weighted by Gasteiger charge is -2.32. The van der Waals surface area contributed by atoms with Crippen LogP contribution in [0.4, 0.5) is 5.95 Å². The molecule has 3 N–H and O–H groups in total. The van der Waals surface area contributed by atoms with E-state index >= 15 is 0 Å². The first kappa shape index (κ1) is 15.2. The Kier molecular flexibility index (Phi) is 3.85. The minimum absolute atomic E-state index is 0.0454. The Morgan fingerprint density at radius 1 is 1.26 bits per heavy atom. The van der Waals surface area contributed by atoms with Gasteiger partial charge < -0.3 is 20.2 Å². The number of fused-ring (bicyclic) bond motifs is 1. The lowest BCUT2D eigenvalue weighted by Crippen LogP contribution is -2.40. The number of nitrogens with zero attached hydrogens (tertiary/aromatic N) is 3. The molecule has 0 aliphatic carbocycles. The van der Waals surface area contributed by atoms with Crippen molar-refractivity contribution in [1.82, 2.24) is 19.5 Å². The van der Waals surface area contributed by atoms with Crippen LogP contribution in [-0.4, -0.2) is 33.7 Å². The van der Waals surface area contributed by atoms with Crippen LogP contribution < -0.4 is 11.3 Å². The van der Waals surface area contributed by atoms with Crippen molar-refractivity contribution in [2.75, 3.05) is 20.0 Å². The highest BCUT2D eigenvalue weighted by molar-refractivity contribution is 5.69. The zero-order chi connectivity index (χ0) is 16.4. The van der Waals surface area contributed by atoms with Crippen LogP contribution in [0.3, 0.4) is 0 Å². The number of aromatic nitrogens is 4. The highest BCUT2D eigenvalue weighted by atomic mass is 16.7. The van der Waals surface area contributed by atoms with Gasteiger partial charge >= 0.3 is 0 Å². The fourth-order valence-corrected chi connectivity index (χ4v) is 2.53. The number of imidazole rings is 1. The number of ether oxygens (including phenoxy) is 2. The molecule has 3 aromatic rings. The Bertz CT molecular complexity index is 868. The van der Waals surface area contributed by atoms with Gasteiger partial charge in [-0.15, -0.1) is 0 Å². The van der Waals surface area contributed by atoms with Gasteiger partial charge in [-0.05, 0) is 0 Å². The molecule has 23 heavy (non-hydrogen) atoms. The number of nitrogen functional groups attached to an aromatic ring is 1. The fraction of sp³-hybridized carbons (Fsp3) is 0.267. The first-order valence-electron chi connectivity index (χ1n) is 6.96. The van der Waals surface area contributed by atoms with Crippen LogP contribution in [0.2, 0.25) is 0 Å². The van der Waals surface area contributed by atoms with E-state index in [-0.39, 0.29) is 29.2 Å². The van der Waals surface area contributed by atoms with Crippen LogP contribution in [0.5, 0.6) is 0 Å². The van der Waals surface area contributed by atoms with Crippen LogP contribution in [0.15, 0.2) is 41.5 Å². The summed E-state index contributed by atoms with van der Waals surface area (Å²) in [7, 11) is 3.03. The van der Waals surface area contributed by atoms with E-state index in [1.54, 1.807) is 0 Å². The van der Waals surface area contributed by atoms with Crippen LogP contribution in [-0.2, 0) is 21.8 Å². The van der Waals surface area contributed by atoms with Gasteiger partial charge in [0.25, 0.3) is 5.56 Å². The molecule has 8 nitrogen and oxygen atoms in total. The number of nitrogens with two attached hydrogens (primary N) is 1. The third-order valence-corrected chi connectivity index (χ3v) is 3.81. The maximum atomic E-state index is 12.6. The van der Waals surface area contributed by atoms with Crippen LogP contribution in [0.25, 0.3) is 11.2 Å². The van der Waals surface area contributed by atoms with Gasteiger partial charge in [0, 0.05) is 19.8 Å². The van der Waals surface area contributed by atoms with E-state index in [4.69, 9.17) is 15.2 Å². The largest absolute Gasteiger partial charge is 0.369 e. The van der Waals surface area contributed by atoms with Crippen molar-refractivity contribution in [3.63, 3.8) is 0 Å². The second-order valence-electron chi connectivity index (χ2n) is 4.99. The minimum atomic E-state index is -1.16. The van der Waals surface area contributed by atoms with E-state index in [1.165, 1.54) is 25.1 Å². The number of hydrogen-bond acceptors (Lipinski definition) is 6. The van der Waals surface area contributed by atoms with E-state index in [0.29, 0.717) is 0 Å². The van der Waals surface area contributed by atoms with E-state index in [0.717, 1.165) is 5.56 Å². The summed E-state index contributed by atoms with van der Waals surface area (Å²) in [6.45, 7) is 0.0522. The average molecular weight is 315 g/mol. The monoisotopic (exact) mass is 315 g/mol. The van der Waals surface area contributed by atoms with Crippen LogP contribution in [0.1, 0.15) is 5.56 Å². The standard InChI is InChI=1S/C15H17N5O3/c1-22-15(23-2,10-6-4-3-5-7-10)8-20-13(21)11-12(18-9-17-11)19-14(20)16/h3-7,9H,8H2,1-2H3,(H2,16,19)(H,17,18). The lowest BCUT2D eigenvalue weighted by molar-refractivity contribution is -0.224. The summed E-state index contributed by atoms with van der Waals surface area (Å²) < 4.78 is 12.5. The molecule has 0 aliphatic rings. The second kappa shape index (κ2) is 5.82. The molecule has 2 aromatic heterocycles. The maximum absolute atomic E-state index is 12.6. The van der Waals surface area contributed by atoms with Crippen LogP contribution in [0, 0.1) is 0 Å². The third-order valence-electron chi connectivity index (χ3n) is 3.81. The summed E-state index contributed by atoms with van der Waals surface area (Å²) in [5, 5.41) is 0. The molecular weight excluding hydrogens is 298 g/mol. The highest BCUT2D eigenvalue weighted by Gasteiger charge is 2.34. The molecule has 0 unspecified atom stereocenters. The van der Waals surface area contributed by atoms with Gasteiger partial charge in [-0.25, -0.2) is 4.98 Å².